The van der Waals surface area contributed by atoms with Crippen molar-refractivity contribution >= 4 is 48.4 Å². The second-order valence-electron chi connectivity index (χ2n) is 16.8. The van der Waals surface area contributed by atoms with Crippen LogP contribution >= 0.6 is 0 Å². The summed E-state index contributed by atoms with van der Waals surface area (Å²) in [5.74, 6) is -1.88. The summed E-state index contributed by atoms with van der Waals surface area (Å²) >= 11 is 0. The summed E-state index contributed by atoms with van der Waals surface area (Å²) in [5, 5.41) is 12.1. The molecule has 1 aliphatic carbocycles. The van der Waals surface area contributed by atoms with E-state index in [1.54, 1.807) is 113 Å². The van der Waals surface area contributed by atoms with Gasteiger partial charge in [0.1, 0.15) is 34.6 Å². The van der Waals surface area contributed by atoms with Crippen LogP contribution in [0.25, 0.3) is 0 Å². The standard InChI is InChI=1S/C37H57N7O12/c1-33(2,3)53-28(46)40-26(41-29(47)54-34(4,5)6)38-23-19-37(25(45)51-13,44-32(50)52-21-22-17-15-14-16-18-22)20-24(23)39-27(42-30(48)55-35(7,8)9)43-31(49)56-36(10,11)12/h14-18,23-24H,19-21H2,1-13H3,(H,44,50)(H2,38,40,41,46,47)(H2,39,42,43,48,49)/t23-,24-/m1/s1. The lowest BCUT2D eigenvalue weighted by Crippen LogP contribution is -2.54. The van der Waals surface area contributed by atoms with Crippen LogP contribution < -0.4 is 26.6 Å². The molecule has 19 nitrogen and oxygen atoms in total. The van der Waals surface area contributed by atoms with E-state index in [1.807, 2.05) is 0 Å². The van der Waals surface area contributed by atoms with Crippen LogP contribution in [0.15, 0.2) is 40.3 Å². The van der Waals surface area contributed by atoms with Gasteiger partial charge in [-0.3, -0.25) is 21.3 Å². The van der Waals surface area contributed by atoms with E-state index in [4.69, 9.17) is 28.4 Å². The molecule has 0 radical (unpaired) electrons. The summed E-state index contributed by atoms with van der Waals surface area (Å²) in [6.07, 6.45) is -5.76. The first-order chi connectivity index (χ1) is 25.6. The highest BCUT2D eigenvalue weighted by Crippen LogP contribution is 2.36. The molecule has 2 rings (SSSR count). The van der Waals surface area contributed by atoms with E-state index in [2.05, 4.69) is 36.6 Å². The quantitative estimate of drug-likeness (QED) is 0.109. The highest BCUT2D eigenvalue weighted by atomic mass is 16.6. The zero-order valence-corrected chi connectivity index (χ0v) is 34.5. The largest absolute Gasteiger partial charge is 0.467 e. The Morgan fingerprint density at radius 3 is 1.23 bits per heavy atom. The summed E-state index contributed by atoms with van der Waals surface area (Å²) in [6, 6.07) is 6.35. The average molecular weight is 792 g/mol. The third-order valence-electron chi connectivity index (χ3n) is 6.76. The summed E-state index contributed by atoms with van der Waals surface area (Å²) in [7, 11) is 1.11. The zero-order valence-electron chi connectivity index (χ0n) is 34.5. The molecule has 1 aromatic carbocycles. The summed E-state index contributed by atoms with van der Waals surface area (Å²) in [6.45, 7) is 19.3. The number of alkyl carbamates (subject to hydrolysis) is 5. The number of esters is 1. The predicted octanol–water partition coefficient (Wildman–Crippen LogP) is 5.17. The van der Waals surface area contributed by atoms with E-state index in [0.29, 0.717) is 5.56 Å². The minimum absolute atomic E-state index is 0.138. The van der Waals surface area contributed by atoms with Crippen molar-refractivity contribution in [1.82, 2.24) is 26.6 Å². The number of nitrogens with zero attached hydrogens (tertiary/aromatic N) is 2. The van der Waals surface area contributed by atoms with Gasteiger partial charge in [-0.15, -0.1) is 0 Å². The normalized spacial score (nSPS) is 16.4. The summed E-state index contributed by atoms with van der Waals surface area (Å²) < 4.78 is 32.0. The molecule has 56 heavy (non-hydrogen) atoms. The number of hydrogen-bond donors (Lipinski definition) is 5. The third kappa shape index (κ3) is 17.7. The lowest BCUT2D eigenvalue weighted by molar-refractivity contribution is -0.148. The van der Waals surface area contributed by atoms with Crippen molar-refractivity contribution in [2.75, 3.05) is 7.11 Å². The topological polar surface area (TPSA) is 243 Å². The van der Waals surface area contributed by atoms with Gasteiger partial charge in [-0.05, 0) is 88.6 Å². The third-order valence-corrected chi connectivity index (χ3v) is 6.76. The Bertz CT molecular complexity index is 1490. The maximum Gasteiger partial charge on any atom is 0.414 e. The van der Waals surface area contributed by atoms with Crippen LogP contribution in [0.3, 0.4) is 0 Å². The summed E-state index contributed by atoms with van der Waals surface area (Å²) in [5.41, 5.74) is -5.05. The molecule has 312 valence electrons. The number of aliphatic imine (C=N–C) groups is 2. The molecule has 0 bridgehead atoms. The number of benzene rings is 1. The van der Waals surface area contributed by atoms with E-state index in [1.165, 1.54) is 0 Å². The van der Waals surface area contributed by atoms with Gasteiger partial charge < -0.3 is 33.7 Å². The predicted molar refractivity (Wildman–Crippen MR) is 204 cm³/mol. The van der Waals surface area contributed by atoms with Crippen molar-refractivity contribution in [3.8, 4) is 0 Å². The first-order valence-corrected chi connectivity index (χ1v) is 17.8. The second-order valence-corrected chi connectivity index (χ2v) is 16.8. The van der Waals surface area contributed by atoms with E-state index >= 15 is 0 Å². The SMILES string of the molecule is COC(=O)C1(NC(=O)OCc2ccccc2)C[C@@H](N=C(NC(=O)OC(C)(C)C)NC(=O)OC(C)(C)C)[C@H](N=C(NC(=O)OC(C)(C)C)NC(=O)OC(C)(C)C)C1. The maximum atomic E-state index is 13.6. The Hall–Kier alpha value is -5.62. The smallest absolute Gasteiger partial charge is 0.414 e. The van der Waals surface area contributed by atoms with Gasteiger partial charge in [0, 0.05) is 12.8 Å². The number of ether oxygens (including phenoxy) is 6. The number of hydrogen-bond acceptors (Lipinski definition) is 14. The van der Waals surface area contributed by atoms with Crippen LogP contribution in [0.5, 0.6) is 0 Å². The number of guanidine groups is 2. The van der Waals surface area contributed by atoms with E-state index in [-0.39, 0.29) is 19.4 Å². The highest BCUT2D eigenvalue weighted by Gasteiger charge is 2.53. The molecule has 0 saturated heterocycles. The van der Waals surface area contributed by atoms with Crippen LogP contribution in [0, 0.1) is 0 Å². The van der Waals surface area contributed by atoms with Crippen LogP contribution in [0.2, 0.25) is 0 Å². The van der Waals surface area contributed by atoms with Crippen LogP contribution in [-0.4, -0.2) is 95.5 Å². The van der Waals surface area contributed by atoms with Gasteiger partial charge in [0.25, 0.3) is 0 Å². The molecule has 1 fully saturated rings. The van der Waals surface area contributed by atoms with Crippen molar-refractivity contribution < 1.29 is 57.2 Å². The second kappa shape index (κ2) is 18.8. The van der Waals surface area contributed by atoms with Crippen LogP contribution in [0.4, 0.5) is 24.0 Å². The molecule has 1 aromatic rings. The Morgan fingerprint density at radius 2 is 0.929 bits per heavy atom. The number of rotatable bonds is 6. The van der Waals surface area contributed by atoms with Crippen molar-refractivity contribution in [2.45, 2.75) is 143 Å². The van der Waals surface area contributed by atoms with Gasteiger partial charge in [-0.25, -0.2) is 38.8 Å². The molecule has 2 atom stereocenters. The Labute approximate surface area is 327 Å². The molecule has 0 aromatic heterocycles. The zero-order chi connectivity index (χ0) is 42.7. The fourth-order valence-electron chi connectivity index (χ4n) is 4.93. The monoisotopic (exact) mass is 791 g/mol. The minimum atomic E-state index is -1.89. The summed E-state index contributed by atoms with van der Waals surface area (Å²) in [4.78, 5) is 87.7. The fourth-order valence-corrected chi connectivity index (χ4v) is 4.93. The van der Waals surface area contributed by atoms with Gasteiger partial charge in [-0.2, -0.15) is 0 Å². The maximum absolute atomic E-state index is 13.6. The number of carbonyl (C=O) groups is 6. The molecular weight excluding hydrogens is 734 g/mol. The van der Waals surface area contributed by atoms with E-state index < -0.39 is 88.4 Å². The van der Waals surface area contributed by atoms with Gasteiger partial charge in [0.2, 0.25) is 11.9 Å². The van der Waals surface area contributed by atoms with E-state index in [0.717, 1.165) is 7.11 Å². The number of methoxy groups -OCH3 is 1. The van der Waals surface area contributed by atoms with Crippen LogP contribution in [-0.2, 0) is 39.8 Å². The van der Waals surface area contributed by atoms with E-state index in [9.17, 15) is 28.8 Å². The number of nitrogens with one attached hydrogen (secondary N) is 5. The number of amides is 5. The first kappa shape index (κ1) is 46.5. The molecule has 0 unspecified atom stereocenters. The molecule has 0 heterocycles. The van der Waals surface area contributed by atoms with Crippen LogP contribution in [0.1, 0.15) is 101 Å². The number of carbonyl (C=O) groups excluding carboxylic acids is 6. The van der Waals surface area contributed by atoms with Gasteiger partial charge in [0.05, 0.1) is 19.2 Å². The van der Waals surface area contributed by atoms with Gasteiger partial charge in [-0.1, -0.05) is 30.3 Å². The Morgan fingerprint density at radius 1 is 0.589 bits per heavy atom. The minimum Gasteiger partial charge on any atom is -0.467 e. The van der Waals surface area contributed by atoms with Crippen molar-refractivity contribution in [1.29, 1.82) is 0 Å². The Kier molecular flexibility index (Phi) is 15.6. The van der Waals surface area contributed by atoms with Crippen molar-refractivity contribution in [2.24, 2.45) is 9.98 Å². The Balaban J connectivity index is 2.75. The molecule has 1 aliphatic rings. The molecule has 1 saturated carbocycles. The van der Waals surface area contributed by atoms with Gasteiger partial charge >= 0.3 is 36.4 Å². The van der Waals surface area contributed by atoms with Crippen molar-refractivity contribution in [3.05, 3.63) is 35.9 Å². The van der Waals surface area contributed by atoms with Crippen molar-refractivity contribution in [3.63, 3.8) is 0 Å². The first-order valence-electron chi connectivity index (χ1n) is 17.8. The lowest BCUT2D eigenvalue weighted by atomic mass is 9.97. The lowest BCUT2D eigenvalue weighted by Gasteiger charge is -2.27. The average Bonchev–Trinajstić information content (AvgIpc) is 3.32. The molecule has 0 aliphatic heterocycles. The molecule has 5 amide bonds. The molecule has 19 heteroatoms. The fraction of sp³-hybridized carbons (Fsp3) is 0.622. The molecular formula is C37H57N7O12. The molecule has 5 N–H and O–H groups in total. The highest BCUT2D eigenvalue weighted by molar-refractivity contribution is 6.02. The molecule has 0 spiro atoms. The van der Waals surface area contributed by atoms with Gasteiger partial charge in [0.15, 0.2) is 0 Å².